The standard InChI is InChI=1S/C16H17Cl2N/c1-11-5-2-3-7-14(11)13(10-19)9-12-6-4-8-15(17)16(12)18/h2-8,13H,9-10,19H2,1H3. The van der Waals surface area contributed by atoms with E-state index >= 15 is 0 Å². The van der Waals surface area contributed by atoms with E-state index in [1.54, 1.807) is 6.07 Å². The molecule has 2 aromatic carbocycles. The summed E-state index contributed by atoms with van der Waals surface area (Å²) in [6.45, 7) is 2.70. The monoisotopic (exact) mass is 293 g/mol. The minimum Gasteiger partial charge on any atom is -0.330 e. The molecule has 0 amide bonds. The smallest absolute Gasteiger partial charge is 0.0624 e. The first-order chi connectivity index (χ1) is 9.13. The molecule has 1 atom stereocenters. The molecule has 0 aliphatic carbocycles. The second-order valence-corrected chi connectivity index (χ2v) is 5.49. The van der Waals surface area contributed by atoms with Gasteiger partial charge in [-0.15, -0.1) is 0 Å². The van der Waals surface area contributed by atoms with E-state index < -0.39 is 0 Å². The number of hydrogen-bond donors (Lipinski definition) is 1. The van der Waals surface area contributed by atoms with Crippen molar-refractivity contribution in [3.05, 3.63) is 69.2 Å². The summed E-state index contributed by atoms with van der Waals surface area (Å²) >= 11 is 12.3. The number of halogens is 2. The van der Waals surface area contributed by atoms with E-state index in [0.29, 0.717) is 16.6 Å². The molecule has 2 aromatic rings. The molecule has 2 rings (SSSR count). The zero-order chi connectivity index (χ0) is 13.8. The maximum Gasteiger partial charge on any atom is 0.0624 e. The maximum atomic E-state index is 6.25. The third-order valence-corrected chi connectivity index (χ3v) is 4.27. The van der Waals surface area contributed by atoms with Crippen LogP contribution in [0.2, 0.25) is 10.0 Å². The summed E-state index contributed by atoms with van der Waals surface area (Å²) in [6, 6.07) is 14.1. The lowest BCUT2D eigenvalue weighted by molar-refractivity contribution is 0.690. The molecule has 2 N–H and O–H groups in total. The Hall–Kier alpha value is -1.02. The number of aryl methyl sites for hydroxylation is 1. The second kappa shape index (κ2) is 6.42. The second-order valence-electron chi connectivity index (χ2n) is 4.71. The Morgan fingerprint density at radius 1 is 1.05 bits per heavy atom. The van der Waals surface area contributed by atoms with Crippen molar-refractivity contribution in [2.75, 3.05) is 6.54 Å². The van der Waals surface area contributed by atoms with Gasteiger partial charge in [0.2, 0.25) is 0 Å². The molecule has 0 radical (unpaired) electrons. The molecule has 0 heterocycles. The fraction of sp³-hybridized carbons (Fsp3) is 0.250. The lowest BCUT2D eigenvalue weighted by atomic mass is 9.89. The summed E-state index contributed by atoms with van der Waals surface area (Å²) in [6.07, 6.45) is 0.806. The van der Waals surface area contributed by atoms with Crippen LogP contribution in [0.15, 0.2) is 42.5 Å². The molecule has 0 bridgehead atoms. The first kappa shape index (κ1) is 14.4. The minimum absolute atomic E-state index is 0.261. The van der Waals surface area contributed by atoms with Crippen molar-refractivity contribution in [3.8, 4) is 0 Å². The lowest BCUT2D eigenvalue weighted by Gasteiger charge is -2.18. The molecule has 3 heteroatoms. The maximum absolute atomic E-state index is 6.25. The largest absolute Gasteiger partial charge is 0.330 e. The average molecular weight is 294 g/mol. The van der Waals surface area contributed by atoms with Gasteiger partial charge in [0.05, 0.1) is 10.0 Å². The molecule has 1 nitrogen and oxygen atoms in total. The molecule has 100 valence electrons. The van der Waals surface area contributed by atoms with E-state index in [1.165, 1.54) is 11.1 Å². The van der Waals surface area contributed by atoms with E-state index in [1.807, 2.05) is 24.3 Å². The summed E-state index contributed by atoms with van der Waals surface area (Å²) in [5.41, 5.74) is 9.52. The van der Waals surface area contributed by atoms with Gasteiger partial charge in [-0.3, -0.25) is 0 Å². The highest BCUT2D eigenvalue weighted by Gasteiger charge is 2.15. The Kier molecular flexibility index (Phi) is 4.87. The van der Waals surface area contributed by atoms with Crippen LogP contribution in [0.3, 0.4) is 0 Å². The van der Waals surface area contributed by atoms with Gasteiger partial charge in [-0.25, -0.2) is 0 Å². The Morgan fingerprint density at radius 2 is 1.79 bits per heavy atom. The van der Waals surface area contributed by atoms with E-state index in [9.17, 15) is 0 Å². The summed E-state index contributed by atoms with van der Waals surface area (Å²) in [5, 5.41) is 1.23. The van der Waals surface area contributed by atoms with Crippen molar-refractivity contribution in [2.24, 2.45) is 5.73 Å². The van der Waals surface area contributed by atoms with Crippen molar-refractivity contribution in [2.45, 2.75) is 19.3 Å². The fourth-order valence-electron chi connectivity index (χ4n) is 2.34. The van der Waals surface area contributed by atoms with Crippen molar-refractivity contribution in [3.63, 3.8) is 0 Å². The van der Waals surface area contributed by atoms with Crippen molar-refractivity contribution in [1.29, 1.82) is 0 Å². The van der Waals surface area contributed by atoms with Crippen LogP contribution in [0.1, 0.15) is 22.6 Å². The minimum atomic E-state index is 0.261. The zero-order valence-electron chi connectivity index (χ0n) is 10.9. The summed E-state index contributed by atoms with van der Waals surface area (Å²) in [5.74, 6) is 0.261. The highest BCUT2D eigenvalue weighted by Crippen LogP contribution is 2.30. The van der Waals surface area contributed by atoms with Crippen LogP contribution in [0.4, 0.5) is 0 Å². The number of benzene rings is 2. The Labute approximate surface area is 124 Å². The number of rotatable bonds is 4. The van der Waals surface area contributed by atoms with Crippen LogP contribution in [0.5, 0.6) is 0 Å². The highest BCUT2D eigenvalue weighted by molar-refractivity contribution is 6.42. The SMILES string of the molecule is Cc1ccccc1C(CN)Cc1cccc(Cl)c1Cl. The predicted molar refractivity (Wildman–Crippen MR) is 83.1 cm³/mol. The first-order valence-electron chi connectivity index (χ1n) is 6.32. The molecule has 0 fully saturated rings. The lowest BCUT2D eigenvalue weighted by Crippen LogP contribution is -2.16. The van der Waals surface area contributed by atoms with E-state index in [2.05, 4.69) is 19.1 Å². The van der Waals surface area contributed by atoms with E-state index in [-0.39, 0.29) is 5.92 Å². The normalized spacial score (nSPS) is 12.4. The van der Waals surface area contributed by atoms with Crippen LogP contribution in [-0.2, 0) is 6.42 Å². The van der Waals surface area contributed by atoms with Crippen LogP contribution >= 0.6 is 23.2 Å². The third kappa shape index (κ3) is 3.30. The van der Waals surface area contributed by atoms with Crippen LogP contribution in [0.25, 0.3) is 0 Å². The van der Waals surface area contributed by atoms with Gasteiger partial charge >= 0.3 is 0 Å². The van der Waals surface area contributed by atoms with Gasteiger partial charge in [0.15, 0.2) is 0 Å². The van der Waals surface area contributed by atoms with Gasteiger partial charge in [-0.1, -0.05) is 59.6 Å². The quantitative estimate of drug-likeness (QED) is 0.877. The average Bonchev–Trinajstić information content (AvgIpc) is 2.41. The molecule has 0 aliphatic heterocycles. The fourth-order valence-corrected chi connectivity index (χ4v) is 2.73. The highest BCUT2D eigenvalue weighted by atomic mass is 35.5. The van der Waals surface area contributed by atoms with Crippen molar-refractivity contribution >= 4 is 23.2 Å². The molecule has 0 aromatic heterocycles. The molecule has 0 saturated carbocycles. The van der Waals surface area contributed by atoms with Gasteiger partial charge in [0.25, 0.3) is 0 Å². The molecule has 0 aliphatic rings. The zero-order valence-corrected chi connectivity index (χ0v) is 12.4. The summed E-state index contributed by atoms with van der Waals surface area (Å²) in [7, 11) is 0. The van der Waals surface area contributed by atoms with E-state index in [0.717, 1.165) is 12.0 Å². The Bertz CT molecular complexity index is 566. The molecule has 0 saturated heterocycles. The Morgan fingerprint density at radius 3 is 2.47 bits per heavy atom. The molecule has 1 unspecified atom stereocenters. The van der Waals surface area contributed by atoms with Crippen molar-refractivity contribution in [1.82, 2.24) is 0 Å². The number of nitrogens with two attached hydrogens (primary N) is 1. The van der Waals surface area contributed by atoms with Crippen LogP contribution in [-0.4, -0.2) is 6.54 Å². The predicted octanol–water partition coefficient (Wildman–Crippen LogP) is 4.59. The summed E-state index contributed by atoms with van der Waals surface area (Å²) in [4.78, 5) is 0. The Balaban J connectivity index is 2.30. The van der Waals surface area contributed by atoms with Crippen LogP contribution < -0.4 is 5.73 Å². The van der Waals surface area contributed by atoms with Gasteiger partial charge in [-0.05, 0) is 42.6 Å². The van der Waals surface area contributed by atoms with Crippen LogP contribution in [0, 0.1) is 6.92 Å². The molecular weight excluding hydrogens is 277 g/mol. The third-order valence-electron chi connectivity index (χ3n) is 3.41. The first-order valence-corrected chi connectivity index (χ1v) is 7.07. The van der Waals surface area contributed by atoms with E-state index in [4.69, 9.17) is 28.9 Å². The van der Waals surface area contributed by atoms with Gasteiger partial charge in [0, 0.05) is 5.92 Å². The van der Waals surface area contributed by atoms with Crippen molar-refractivity contribution < 1.29 is 0 Å². The molecule has 19 heavy (non-hydrogen) atoms. The number of hydrogen-bond acceptors (Lipinski definition) is 1. The summed E-state index contributed by atoms with van der Waals surface area (Å²) < 4.78 is 0. The topological polar surface area (TPSA) is 26.0 Å². The molecule has 0 spiro atoms. The van der Waals surface area contributed by atoms with Gasteiger partial charge < -0.3 is 5.73 Å². The molecular formula is C16H17Cl2N. The van der Waals surface area contributed by atoms with Gasteiger partial charge in [0.1, 0.15) is 0 Å². The van der Waals surface area contributed by atoms with Gasteiger partial charge in [-0.2, -0.15) is 0 Å².